The molecule has 148 valence electrons. The minimum atomic E-state index is -1.06. The Balaban J connectivity index is 2.58. The molecule has 2 rings (SSSR count). The van der Waals surface area contributed by atoms with E-state index in [1.165, 1.54) is 6.07 Å². The van der Waals surface area contributed by atoms with Gasteiger partial charge in [-0.3, -0.25) is 0 Å². The molecule has 0 aliphatic heterocycles. The van der Waals surface area contributed by atoms with Crippen molar-refractivity contribution in [2.45, 2.75) is 39.5 Å². The van der Waals surface area contributed by atoms with Gasteiger partial charge in [0.1, 0.15) is 11.6 Å². The minimum absolute atomic E-state index is 0.0560. The largest absolute Gasteiger partial charge is 0.513 e. The first-order chi connectivity index (χ1) is 13.4. The van der Waals surface area contributed by atoms with Gasteiger partial charge in [-0.2, -0.15) is 5.26 Å². The monoisotopic (exact) mass is 389 g/mol. The number of halogens is 2. The molecule has 1 N–H and O–H groups in total. The highest BCUT2D eigenvalue weighted by Gasteiger charge is 2.23. The van der Waals surface area contributed by atoms with E-state index in [-0.39, 0.29) is 29.0 Å². The average molecular weight is 389 g/mol. The Bertz CT molecular complexity index is 906. The molecule has 2 aromatic carbocycles. The third-order valence-corrected chi connectivity index (χ3v) is 4.16. The van der Waals surface area contributed by atoms with E-state index in [2.05, 4.69) is 4.74 Å². The maximum atomic E-state index is 15.0. The Morgan fingerprint density at radius 3 is 2.61 bits per heavy atom. The predicted octanol–water partition coefficient (Wildman–Crippen LogP) is 5.48. The zero-order valence-corrected chi connectivity index (χ0v) is 15.7. The Kier molecular flexibility index (Phi) is 7.33. The first kappa shape index (κ1) is 21.2. The fourth-order valence-electron chi connectivity index (χ4n) is 2.82. The number of unbranched alkanes of at least 4 members (excludes halogenated alkanes) is 2. The van der Waals surface area contributed by atoms with E-state index in [0.717, 1.165) is 37.5 Å². The van der Waals surface area contributed by atoms with Gasteiger partial charge in [-0.1, -0.05) is 19.8 Å². The summed E-state index contributed by atoms with van der Waals surface area (Å²) in [6.45, 7) is 3.65. The van der Waals surface area contributed by atoms with Gasteiger partial charge in [0.05, 0.1) is 18.2 Å². The number of carbonyl (C=O) groups is 1. The molecule has 7 heteroatoms. The van der Waals surface area contributed by atoms with Gasteiger partial charge in [-0.15, -0.1) is 0 Å². The molecule has 0 amide bonds. The van der Waals surface area contributed by atoms with Gasteiger partial charge in [0.2, 0.25) is 0 Å². The Morgan fingerprint density at radius 1 is 1.21 bits per heavy atom. The number of carbonyl (C=O) groups excluding carboxylic acids is 1. The third-order valence-electron chi connectivity index (χ3n) is 4.16. The summed E-state index contributed by atoms with van der Waals surface area (Å²) in [5.41, 5.74) is -0.299. The van der Waals surface area contributed by atoms with Crippen molar-refractivity contribution in [3.63, 3.8) is 0 Å². The summed E-state index contributed by atoms with van der Waals surface area (Å²) in [5, 5.41) is 19.8. The molecular formula is C21H21F2NO4. The smallest absolute Gasteiger partial charge is 0.505 e. The van der Waals surface area contributed by atoms with Gasteiger partial charge in [-0.05, 0) is 49.6 Å². The molecule has 0 fully saturated rings. The number of aromatic hydroxyl groups is 1. The van der Waals surface area contributed by atoms with Gasteiger partial charge in [-0.25, -0.2) is 13.6 Å². The zero-order chi connectivity index (χ0) is 20.7. The molecule has 0 saturated carbocycles. The van der Waals surface area contributed by atoms with Crippen molar-refractivity contribution < 1.29 is 28.2 Å². The van der Waals surface area contributed by atoms with Crippen LogP contribution in [0.15, 0.2) is 24.3 Å². The lowest BCUT2D eigenvalue weighted by atomic mass is 9.94. The normalized spacial score (nSPS) is 10.4. The maximum Gasteiger partial charge on any atom is 0.513 e. The van der Waals surface area contributed by atoms with Crippen LogP contribution in [0, 0.1) is 23.0 Å². The lowest BCUT2D eigenvalue weighted by molar-refractivity contribution is 0.104. The fraction of sp³-hybridized carbons (Fsp3) is 0.333. The third kappa shape index (κ3) is 4.77. The zero-order valence-electron chi connectivity index (χ0n) is 15.7. The van der Waals surface area contributed by atoms with Crippen molar-refractivity contribution in [3.05, 3.63) is 47.0 Å². The van der Waals surface area contributed by atoms with E-state index in [4.69, 9.17) is 4.74 Å². The summed E-state index contributed by atoms with van der Waals surface area (Å²) >= 11 is 0. The van der Waals surface area contributed by atoms with Crippen LogP contribution in [0.5, 0.6) is 11.5 Å². The molecule has 28 heavy (non-hydrogen) atoms. The van der Waals surface area contributed by atoms with Crippen molar-refractivity contribution >= 4 is 6.16 Å². The van der Waals surface area contributed by atoms with Crippen LogP contribution in [0.2, 0.25) is 0 Å². The average Bonchev–Trinajstić information content (AvgIpc) is 2.67. The van der Waals surface area contributed by atoms with E-state index in [1.54, 1.807) is 6.92 Å². The summed E-state index contributed by atoms with van der Waals surface area (Å²) in [6, 6.07) is 6.35. The lowest BCUT2D eigenvalue weighted by Gasteiger charge is -2.15. The topological polar surface area (TPSA) is 79.5 Å². The summed E-state index contributed by atoms with van der Waals surface area (Å²) in [5.74, 6) is -2.57. The van der Waals surface area contributed by atoms with Gasteiger partial charge >= 0.3 is 6.16 Å². The lowest BCUT2D eigenvalue weighted by Crippen LogP contribution is -2.11. The highest BCUT2D eigenvalue weighted by Crippen LogP contribution is 2.40. The number of benzene rings is 2. The Hall–Kier alpha value is -3.14. The van der Waals surface area contributed by atoms with Crippen molar-refractivity contribution in [2.24, 2.45) is 0 Å². The van der Waals surface area contributed by atoms with E-state index < -0.39 is 23.5 Å². The summed E-state index contributed by atoms with van der Waals surface area (Å²) < 4.78 is 38.5. The van der Waals surface area contributed by atoms with Crippen LogP contribution in [0.1, 0.15) is 44.2 Å². The molecule has 0 spiro atoms. The van der Waals surface area contributed by atoms with Gasteiger partial charge in [0.15, 0.2) is 11.6 Å². The molecule has 0 atom stereocenters. The van der Waals surface area contributed by atoms with Crippen LogP contribution in [0.3, 0.4) is 0 Å². The standard InChI is InChI=1S/C21H21F2NO4/c1-3-5-6-7-13-10-14(12-24)18(19(23)20(13)25)16-11-15(22)8-9-17(16)28-21(26)27-4-2/h8-11,25H,3-7H2,1-2H3. The number of hydrogen-bond acceptors (Lipinski definition) is 5. The SMILES string of the molecule is CCCCCc1cc(C#N)c(-c2cc(F)ccc2OC(=O)OCC)c(F)c1O. The van der Waals surface area contributed by atoms with Crippen LogP contribution in [0.4, 0.5) is 13.6 Å². The number of nitrogens with zero attached hydrogens (tertiary/aromatic N) is 1. The van der Waals surface area contributed by atoms with Crippen LogP contribution in [0.25, 0.3) is 11.1 Å². The summed E-state index contributed by atoms with van der Waals surface area (Å²) in [6.07, 6.45) is 1.93. The number of phenolic OH excluding ortho intramolecular Hbond substituents is 1. The quantitative estimate of drug-likeness (QED) is 0.385. The van der Waals surface area contributed by atoms with Crippen LogP contribution >= 0.6 is 0 Å². The number of phenols is 1. The number of hydrogen-bond donors (Lipinski definition) is 1. The molecule has 0 radical (unpaired) electrons. The van der Waals surface area contributed by atoms with E-state index in [1.807, 2.05) is 13.0 Å². The van der Waals surface area contributed by atoms with Crippen molar-refractivity contribution in [1.82, 2.24) is 0 Å². The molecule has 0 aliphatic carbocycles. The summed E-state index contributed by atoms with van der Waals surface area (Å²) in [7, 11) is 0. The van der Waals surface area contributed by atoms with Gasteiger partial charge in [0, 0.05) is 11.1 Å². The van der Waals surface area contributed by atoms with Crippen LogP contribution < -0.4 is 4.74 Å². The molecule has 5 nitrogen and oxygen atoms in total. The molecule has 0 unspecified atom stereocenters. The van der Waals surface area contributed by atoms with E-state index >= 15 is 4.39 Å². The molecule has 0 aliphatic rings. The van der Waals surface area contributed by atoms with E-state index in [9.17, 15) is 19.6 Å². The second kappa shape index (κ2) is 9.70. The molecule has 0 aromatic heterocycles. The molecule has 0 bridgehead atoms. The number of rotatable bonds is 7. The predicted molar refractivity (Wildman–Crippen MR) is 99.1 cm³/mol. The van der Waals surface area contributed by atoms with Crippen LogP contribution in [-0.4, -0.2) is 17.9 Å². The Labute approximate surface area is 162 Å². The maximum absolute atomic E-state index is 15.0. The van der Waals surface area contributed by atoms with Crippen LogP contribution in [-0.2, 0) is 11.2 Å². The highest BCUT2D eigenvalue weighted by atomic mass is 19.1. The van der Waals surface area contributed by atoms with Gasteiger partial charge in [0.25, 0.3) is 0 Å². The second-order valence-electron chi connectivity index (χ2n) is 6.12. The number of ether oxygens (including phenoxy) is 2. The first-order valence-corrected chi connectivity index (χ1v) is 9.01. The second-order valence-corrected chi connectivity index (χ2v) is 6.12. The van der Waals surface area contributed by atoms with Crippen molar-refractivity contribution in [2.75, 3.05) is 6.61 Å². The fourth-order valence-corrected chi connectivity index (χ4v) is 2.82. The molecule has 0 heterocycles. The van der Waals surface area contributed by atoms with Crippen molar-refractivity contribution in [1.29, 1.82) is 5.26 Å². The summed E-state index contributed by atoms with van der Waals surface area (Å²) in [4.78, 5) is 11.6. The van der Waals surface area contributed by atoms with Crippen molar-refractivity contribution in [3.8, 4) is 28.7 Å². The Morgan fingerprint density at radius 2 is 1.96 bits per heavy atom. The minimum Gasteiger partial charge on any atom is -0.505 e. The van der Waals surface area contributed by atoms with E-state index in [0.29, 0.717) is 12.0 Å². The highest BCUT2D eigenvalue weighted by molar-refractivity contribution is 5.80. The first-order valence-electron chi connectivity index (χ1n) is 9.01. The van der Waals surface area contributed by atoms with Gasteiger partial charge < -0.3 is 14.6 Å². The number of nitriles is 1. The molecular weight excluding hydrogens is 368 g/mol. The molecule has 0 saturated heterocycles. The number of aryl methyl sites for hydroxylation is 1. The molecule has 2 aromatic rings.